The van der Waals surface area contributed by atoms with Gasteiger partial charge in [0.1, 0.15) is 0 Å². The Morgan fingerprint density at radius 1 is 0.812 bits per heavy atom. The van der Waals surface area contributed by atoms with Crippen molar-refractivity contribution in [2.24, 2.45) is 0 Å². The predicted octanol–water partition coefficient (Wildman–Crippen LogP) is 6.43. The van der Waals surface area contributed by atoms with Crippen LogP contribution in [0.5, 0.6) is 0 Å². The zero-order chi connectivity index (χ0) is 22.2. The Morgan fingerprint density at radius 3 is 1.84 bits per heavy atom. The molecule has 0 aromatic heterocycles. The molecule has 0 atom stereocenters. The molecule has 0 saturated heterocycles. The summed E-state index contributed by atoms with van der Waals surface area (Å²) < 4.78 is 23.4. The van der Waals surface area contributed by atoms with Crippen molar-refractivity contribution in [3.8, 4) is 11.1 Å². The van der Waals surface area contributed by atoms with Gasteiger partial charge in [0.15, 0.2) is 0 Å². The van der Waals surface area contributed by atoms with Crippen LogP contribution in [0.4, 0.5) is 0 Å². The molecule has 0 spiro atoms. The van der Waals surface area contributed by atoms with E-state index in [0.29, 0.717) is 33.0 Å². The van der Waals surface area contributed by atoms with E-state index in [1.54, 1.807) is 0 Å². The second-order valence-electron chi connectivity index (χ2n) is 6.97. The number of rotatable bonds is 13. The molecule has 32 heavy (non-hydrogen) atoms. The summed E-state index contributed by atoms with van der Waals surface area (Å²) in [5.41, 5.74) is 3.67. The second-order valence-corrected chi connectivity index (χ2v) is 9.70. The Labute approximate surface area is 205 Å². The van der Waals surface area contributed by atoms with Crippen molar-refractivity contribution < 1.29 is 35.1 Å². The van der Waals surface area contributed by atoms with E-state index < -0.39 is 8.80 Å². The monoisotopic (exact) mass is 496 g/mol. The van der Waals surface area contributed by atoms with Gasteiger partial charge >= 0.3 is 25.9 Å². The van der Waals surface area contributed by atoms with Gasteiger partial charge in [-0.2, -0.15) is 30.3 Å². The first-order valence-corrected chi connectivity index (χ1v) is 13.1. The normalized spacial score (nSPS) is 10.8. The van der Waals surface area contributed by atoms with Gasteiger partial charge in [-0.25, -0.2) is 12.1 Å². The first kappa shape index (κ1) is 28.5. The van der Waals surface area contributed by atoms with E-state index >= 15 is 0 Å². The molecule has 0 unspecified atom stereocenters. The molecule has 0 aliphatic heterocycles. The smallest absolute Gasteiger partial charge is 0.377 e. The number of hydrogen-bond donors (Lipinski definition) is 0. The quantitative estimate of drug-likeness (QED) is 0.155. The largest absolute Gasteiger partial charge is 2.00 e. The van der Waals surface area contributed by atoms with Gasteiger partial charge in [-0.3, -0.25) is 0 Å². The van der Waals surface area contributed by atoms with Gasteiger partial charge in [0.25, 0.3) is 0 Å². The van der Waals surface area contributed by atoms with Crippen LogP contribution in [0.3, 0.4) is 0 Å². The molecule has 0 heterocycles. The van der Waals surface area contributed by atoms with Gasteiger partial charge in [0.05, 0.1) is 6.61 Å². The van der Waals surface area contributed by atoms with Crippen LogP contribution in [0.15, 0.2) is 78.9 Å². The molecule has 0 N–H and O–H groups in total. The average Bonchev–Trinajstić information content (AvgIpc) is 3.51. The molecule has 3 rings (SSSR count). The minimum absolute atomic E-state index is 0. The molecule has 176 valence electrons. The molecule has 4 nitrogen and oxygen atoms in total. The maximum Gasteiger partial charge on any atom is 2.00 e. The van der Waals surface area contributed by atoms with Crippen molar-refractivity contribution in [3.05, 3.63) is 84.4 Å². The van der Waals surface area contributed by atoms with E-state index in [9.17, 15) is 0 Å². The third kappa shape index (κ3) is 10.4. The zero-order valence-electron chi connectivity index (χ0n) is 19.4. The van der Waals surface area contributed by atoms with Crippen LogP contribution in [0.2, 0.25) is 6.04 Å². The standard InChI is InChI=1S/C21H31O4Si.C5H5.Fe/c1-4-23-26(24-5-2,25-6-3)17-9-16-22-18-19-12-14-21(15-13-19)20-10-7-8-11-20;1-2-4-5-3-1;/h7-8,10-15H,4-6,9,16-18H2,1-3H3;1-5H;/q2*-1;+2. The van der Waals surface area contributed by atoms with Crippen molar-refractivity contribution >= 4 is 8.80 Å². The van der Waals surface area contributed by atoms with Crippen LogP contribution < -0.4 is 0 Å². The second kappa shape index (κ2) is 17.0. The van der Waals surface area contributed by atoms with Gasteiger partial charge in [-0.1, -0.05) is 17.7 Å². The van der Waals surface area contributed by atoms with E-state index in [4.69, 9.17) is 18.0 Å². The first-order valence-electron chi connectivity index (χ1n) is 11.2. The summed E-state index contributed by atoms with van der Waals surface area (Å²) in [6, 6.07) is 27.7. The minimum Gasteiger partial charge on any atom is -0.377 e. The molecule has 0 fully saturated rings. The van der Waals surface area contributed by atoms with Crippen LogP contribution in [-0.2, 0) is 41.7 Å². The molecule has 0 bridgehead atoms. The van der Waals surface area contributed by atoms with Crippen molar-refractivity contribution in [3.63, 3.8) is 0 Å². The predicted molar refractivity (Wildman–Crippen MR) is 129 cm³/mol. The SMILES string of the molecule is CCO[Si](CCCOCc1ccc(-[c-]2cccc2)cc1)(OCC)OCC.[Fe+2].c1cc[cH-]c1. The fraction of sp³-hybridized carbons (Fsp3) is 0.385. The third-order valence-electron chi connectivity index (χ3n) is 4.64. The molecule has 3 aromatic rings. The van der Waals surface area contributed by atoms with Crippen LogP contribution in [-0.4, -0.2) is 35.2 Å². The van der Waals surface area contributed by atoms with Crippen molar-refractivity contribution in [2.45, 2.75) is 39.8 Å². The third-order valence-corrected chi connectivity index (χ3v) is 7.79. The Kier molecular flexibility index (Phi) is 15.2. The molecular weight excluding hydrogens is 460 g/mol. The molecule has 3 aromatic carbocycles. The molecular formula is C26H36FeO4Si. The van der Waals surface area contributed by atoms with E-state index in [1.807, 2.05) is 51.1 Å². The molecule has 0 radical (unpaired) electrons. The maximum absolute atomic E-state index is 5.86. The minimum atomic E-state index is -2.54. The molecule has 0 aliphatic carbocycles. The van der Waals surface area contributed by atoms with Gasteiger partial charge in [0.2, 0.25) is 0 Å². The van der Waals surface area contributed by atoms with Crippen LogP contribution in [0.1, 0.15) is 32.8 Å². The molecule has 0 saturated carbocycles. The van der Waals surface area contributed by atoms with Crippen molar-refractivity contribution in [1.82, 2.24) is 0 Å². The summed E-state index contributed by atoms with van der Waals surface area (Å²) >= 11 is 0. The van der Waals surface area contributed by atoms with Crippen LogP contribution in [0, 0.1) is 0 Å². The summed E-state index contributed by atoms with van der Waals surface area (Å²) in [5.74, 6) is 0. The summed E-state index contributed by atoms with van der Waals surface area (Å²) in [6.07, 6.45) is 0.873. The molecule has 0 aliphatic rings. The van der Waals surface area contributed by atoms with Gasteiger partial charge in [-0.05, 0) is 32.8 Å². The maximum atomic E-state index is 5.86. The summed E-state index contributed by atoms with van der Waals surface area (Å²) in [6.45, 7) is 9.08. The van der Waals surface area contributed by atoms with E-state index in [1.165, 1.54) is 16.7 Å². The number of benzene rings is 1. The fourth-order valence-corrected chi connectivity index (χ4v) is 5.84. The average molecular weight is 497 g/mol. The van der Waals surface area contributed by atoms with Crippen molar-refractivity contribution in [2.75, 3.05) is 26.4 Å². The summed E-state index contributed by atoms with van der Waals surface area (Å²) in [5, 5.41) is 0. The zero-order valence-corrected chi connectivity index (χ0v) is 21.5. The van der Waals surface area contributed by atoms with E-state index in [-0.39, 0.29) is 17.1 Å². The first-order chi connectivity index (χ1) is 15.2. The molecule has 6 heteroatoms. The topological polar surface area (TPSA) is 36.9 Å². The summed E-state index contributed by atoms with van der Waals surface area (Å²) in [7, 11) is -2.54. The van der Waals surface area contributed by atoms with Gasteiger partial charge < -0.3 is 18.0 Å². The van der Waals surface area contributed by atoms with Gasteiger partial charge in [-0.15, -0.1) is 29.8 Å². The number of hydrogen-bond acceptors (Lipinski definition) is 4. The van der Waals surface area contributed by atoms with Crippen LogP contribution in [0.25, 0.3) is 11.1 Å². The van der Waals surface area contributed by atoms with E-state index in [0.717, 1.165) is 12.5 Å². The summed E-state index contributed by atoms with van der Waals surface area (Å²) in [4.78, 5) is 0. The Hall–Kier alpha value is -1.50. The van der Waals surface area contributed by atoms with E-state index in [2.05, 4.69) is 48.5 Å². The molecule has 0 amide bonds. The van der Waals surface area contributed by atoms with Crippen molar-refractivity contribution in [1.29, 1.82) is 0 Å². The Bertz CT molecular complexity index is 739. The number of ether oxygens (including phenoxy) is 1. The Balaban J connectivity index is 0.000000750. The fourth-order valence-electron chi connectivity index (χ4n) is 3.26. The Morgan fingerprint density at radius 2 is 1.38 bits per heavy atom. The van der Waals surface area contributed by atoms with Gasteiger partial charge in [0, 0.05) is 32.5 Å². The van der Waals surface area contributed by atoms with Crippen LogP contribution >= 0.6 is 0 Å².